The average molecular weight is 272 g/mol. The van der Waals surface area contributed by atoms with Crippen molar-refractivity contribution in [2.24, 2.45) is 0 Å². The summed E-state index contributed by atoms with van der Waals surface area (Å²) in [5.74, 6) is -0.385. The van der Waals surface area contributed by atoms with E-state index in [1.807, 2.05) is 24.3 Å². The quantitative estimate of drug-likeness (QED) is 0.865. The lowest BCUT2D eigenvalue weighted by molar-refractivity contribution is 0.0949. The molecule has 1 heterocycles. The van der Waals surface area contributed by atoms with Crippen LogP contribution in [-0.2, 0) is 17.9 Å². The molecule has 0 fully saturated rings. The van der Waals surface area contributed by atoms with Crippen molar-refractivity contribution in [1.82, 2.24) is 10.3 Å². The summed E-state index contributed by atoms with van der Waals surface area (Å²) in [6, 6.07) is 9.06. The van der Waals surface area contributed by atoms with Crippen LogP contribution in [0, 0.1) is 0 Å². The summed E-state index contributed by atoms with van der Waals surface area (Å²) in [5, 5.41) is 2.73. The number of aromatic amines is 1. The van der Waals surface area contributed by atoms with Gasteiger partial charge in [-0.3, -0.25) is 9.59 Å². The molecule has 0 atom stereocenters. The monoisotopic (exact) mass is 272 g/mol. The van der Waals surface area contributed by atoms with Gasteiger partial charge in [-0.2, -0.15) is 0 Å². The van der Waals surface area contributed by atoms with Gasteiger partial charge in [-0.15, -0.1) is 0 Å². The average Bonchev–Trinajstić information content (AvgIpc) is 2.46. The predicted molar refractivity (Wildman–Crippen MR) is 75.4 cm³/mol. The van der Waals surface area contributed by atoms with E-state index in [9.17, 15) is 9.59 Å². The molecule has 0 aliphatic heterocycles. The number of benzene rings is 1. The van der Waals surface area contributed by atoms with Crippen LogP contribution in [0.3, 0.4) is 0 Å². The Morgan fingerprint density at radius 1 is 1.30 bits per heavy atom. The maximum Gasteiger partial charge on any atom is 0.257 e. The Morgan fingerprint density at radius 2 is 2.10 bits per heavy atom. The first-order valence-corrected chi connectivity index (χ1v) is 6.23. The zero-order valence-electron chi connectivity index (χ0n) is 11.2. The van der Waals surface area contributed by atoms with Gasteiger partial charge in [-0.1, -0.05) is 24.3 Å². The van der Waals surface area contributed by atoms with Crippen LogP contribution in [0.15, 0.2) is 47.5 Å². The molecule has 5 heteroatoms. The van der Waals surface area contributed by atoms with Gasteiger partial charge >= 0.3 is 0 Å². The van der Waals surface area contributed by atoms with Crippen LogP contribution in [0.1, 0.15) is 21.5 Å². The van der Waals surface area contributed by atoms with Gasteiger partial charge in [-0.05, 0) is 11.1 Å². The highest BCUT2D eigenvalue weighted by molar-refractivity contribution is 5.93. The van der Waals surface area contributed by atoms with Crippen LogP contribution in [0.4, 0.5) is 0 Å². The second-order valence-electron chi connectivity index (χ2n) is 4.36. The fourth-order valence-corrected chi connectivity index (χ4v) is 1.87. The van der Waals surface area contributed by atoms with E-state index in [1.165, 1.54) is 18.5 Å². The van der Waals surface area contributed by atoms with E-state index in [1.54, 1.807) is 7.11 Å². The Labute approximate surface area is 116 Å². The maximum atomic E-state index is 11.9. The molecule has 0 aliphatic rings. The Hall–Kier alpha value is -2.40. The summed E-state index contributed by atoms with van der Waals surface area (Å²) in [4.78, 5) is 26.1. The molecule has 0 saturated carbocycles. The number of carbonyl (C=O) groups excluding carboxylic acids is 1. The van der Waals surface area contributed by atoms with Crippen molar-refractivity contribution >= 4 is 5.91 Å². The first-order valence-electron chi connectivity index (χ1n) is 6.23. The molecule has 0 radical (unpaired) electrons. The first-order chi connectivity index (χ1) is 9.70. The van der Waals surface area contributed by atoms with Crippen LogP contribution in [0.25, 0.3) is 0 Å². The van der Waals surface area contributed by atoms with E-state index in [0.717, 1.165) is 11.1 Å². The molecular formula is C15H16N2O3. The van der Waals surface area contributed by atoms with Crippen molar-refractivity contribution in [3.63, 3.8) is 0 Å². The first kappa shape index (κ1) is 14.0. The summed E-state index contributed by atoms with van der Waals surface area (Å²) in [6.45, 7) is 0.894. The summed E-state index contributed by atoms with van der Waals surface area (Å²) >= 11 is 0. The molecule has 104 valence electrons. The zero-order chi connectivity index (χ0) is 14.4. The number of pyridine rings is 1. The molecule has 2 aromatic rings. The fraction of sp³-hybridized carbons (Fsp3) is 0.200. The lowest BCUT2D eigenvalue weighted by Gasteiger charge is -2.06. The fourth-order valence-electron chi connectivity index (χ4n) is 1.87. The Bertz CT molecular complexity index is 649. The van der Waals surface area contributed by atoms with Crippen molar-refractivity contribution in [3.8, 4) is 0 Å². The molecule has 20 heavy (non-hydrogen) atoms. The largest absolute Gasteiger partial charge is 0.380 e. The van der Waals surface area contributed by atoms with Gasteiger partial charge in [0.05, 0.1) is 6.61 Å². The third-order valence-electron chi connectivity index (χ3n) is 2.82. The molecule has 1 aromatic heterocycles. The molecule has 0 aliphatic carbocycles. The topological polar surface area (TPSA) is 71.2 Å². The molecule has 0 saturated heterocycles. The smallest absolute Gasteiger partial charge is 0.257 e. The third-order valence-corrected chi connectivity index (χ3v) is 2.82. The lowest BCUT2D eigenvalue weighted by atomic mass is 10.1. The second-order valence-corrected chi connectivity index (χ2v) is 4.36. The van der Waals surface area contributed by atoms with Gasteiger partial charge in [-0.25, -0.2) is 0 Å². The molecule has 0 bridgehead atoms. The van der Waals surface area contributed by atoms with Gasteiger partial charge in [0.2, 0.25) is 0 Å². The molecule has 2 N–H and O–H groups in total. The molecule has 0 unspecified atom stereocenters. The number of aromatic nitrogens is 1. The van der Waals surface area contributed by atoms with Crippen LogP contribution in [0.5, 0.6) is 0 Å². The van der Waals surface area contributed by atoms with Gasteiger partial charge in [0.15, 0.2) is 5.43 Å². The van der Waals surface area contributed by atoms with Gasteiger partial charge in [0.1, 0.15) is 5.56 Å². The highest BCUT2D eigenvalue weighted by atomic mass is 16.5. The van der Waals surface area contributed by atoms with E-state index in [4.69, 9.17) is 4.74 Å². The minimum atomic E-state index is -0.385. The molecule has 0 spiro atoms. The summed E-state index contributed by atoms with van der Waals surface area (Å²) in [7, 11) is 1.64. The molecule has 1 aromatic carbocycles. The summed E-state index contributed by atoms with van der Waals surface area (Å²) in [5.41, 5.74) is 1.81. The van der Waals surface area contributed by atoms with Crippen LogP contribution in [0.2, 0.25) is 0 Å². The predicted octanol–water partition coefficient (Wildman–Crippen LogP) is 1.45. The van der Waals surface area contributed by atoms with Crippen molar-refractivity contribution in [3.05, 3.63) is 69.6 Å². The zero-order valence-corrected chi connectivity index (χ0v) is 11.2. The van der Waals surface area contributed by atoms with E-state index in [-0.39, 0.29) is 16.9 Å². The summed E-state index contributed by atoms with van der Waals surface area (Å²) < 4.78 is 5.06. The second kappa shape index (κ2) is 6.68. The SMILES string of the molecule is COCc1cccc(CNC(=O)c2c[nH]ccc2=O)c1. The number of hydrogen-bond donors (Lipinski definition) is 2. The van der Waals surface area contributed by atoms with E-state index in [2.05, 4.69) is 10.3 Å². The normalized spacial score (nSPS) is 10.2. The molecule has 5 nitrogen and oxygen atoms in total. The van der Waals surface area contributed by atoms with Crippen LogP contribution >= 0.6 is 0 Å². The number of nitrogens with one attached hydrogen (secondary N) is 2. The Balaban J connectivity index is 2.02. The Kier molecular flexibility index (Phi) is 4.68. The number of methoxy groups -OCH3 is 1. The van der Waals surface area contributed by atoms with Crippen molar-refractivity contribution < 1.29 is 9.53 Å². The van der Waals surface area contributed by atoms with E-state index >= 15 is 0 Å². The number of rotatable bonds is 5. The number of H-pyrrole nitrogens is 1. The molecule has 1 amide bonds. The van der Waals surface area contributed by atoms with E-state index < -0.39 is 0 Å². The Morgan fingerprint density at radius 3 is 2.85 bits per heavy atom. The van der Waals surface area contributed by atoms with Crippen molar-refractivity contribution in [2.45, 2.75) is 13.2 Å². The van der Waals surface area contributed by atoms with E-state index in [0.29, 0.717) is 13.2 Å². The van der Waals surface area contributed by atoms with Gasteiger partial charge in [0, 0.05) is 32.1 Å². The maximum absolute atomic E-state index is 11.9. The van der Waals surface area contributed by atoms with Crippen LogP contribution in [-0.4, -0.2) is 18.0 Å². The van der Waals surface area contributed by atoms with Crippen molar-refractivity contribution in [1.29, 1.82) is 0 Å². The minimum absolute atomic E-state index is 0.112. The standard InChI is InChI=1S/C15H16N2O3/c1-20-10-12-4-2-3-11(7-12)8-17-15(19)13-9-16-6-5-14(13)18/h2-7,9H,8,10H2,1H3,(H,16,18)(H,17,19). The lowest BCUT2D eigenvalue weighted by Crippen LogP contribution is -2.28. The third kappa shape index (κ3) is 3.55. The highest BCUT2D eigenvalue weighted by Crippen LogP contribution is 2.06. The number of hydrogen-bond acceptors (Lipinski definition) is 3. The van der Waals surface area contributed by atoms with Crippen molar-refractivity contribution in [2.75, 3.05) is 7.11 Å². The van der Waals surface area contributed by atoms with Gasteiger partial charge in [0.25, 0.3) is 5.91 Å². The minimum Gasteiger partial charge on any atom is -0.380 e. The number of ether oxygens (including phenoxy) is 1. The highest BCUT2D eigenvalue weighted by Gasteiger charge is 2.08. The van der Waals surface area contributed by atoms with Crippen LogP contribution < -0.4 is 10.7 Å². The molecule has 2 rings (SSSR count). The number of amides is 1. The molecular weight excluding hydrogens is 256 g/mol. The summed E-state index contributed by atoms with van der Waals surface area (Å²) in [6.07, 6.45) is 2.90. The number of carbonyl (C=O) groups is 1. The van der Waals surface area contributed by atoms with Gasteiger partial charge < -0.3 is 15.0 Å².